The average Bonchev–Trinajstić information content (AvgIpc) is 0.913. The number of unbranched alkanes of at least 4 members (excludes halogenated alkanes) is 52. The van der Waals surface area contributed by atoms with Crippen LogP contribution in [-0.4, -0.2) is 96.7 Å². The largest absolute Gasteiger partial charge is 0.472 e. The first kappa shape index (κ1) is 100. The third kappa shape index (κ3) is 76.3. The molecule has 0 spiro atoms. The van der Waals surface area contributed by atoms with Crippen molar-refractivity contribution < 1.29 is 80.2 Å². The van der Waals surface area contributed by atoms with Gasteiger partial charge in [0.25, 0.3) is 0 Å². The van der Waals surface area contributed by atoms with Crippen LogP contribution < -0.4 is 0 Å². The van der Waals surface area contributed by atoms with Gasteiger partial charge in [-0.3, -0.25) is 37.3 Å². The molecule has 0 aromatic heterocycles. The Morgan fingerprint density at radius 2 is 0.451 bits per heavy atom. The van der Waals surface area contributed by atoms with E-state index < -0.39 is 97.5 Å². The van der Waals surface area contributed by atoms with E-state index >= 15 is 0 Å². The molecule has 5 atom stereocenters. The van der Waals surface area contributed by atoms with Gasteiger partial charge in [-0.05, 0) is 37.5 Å². The van der Waals surface area contributed by atoms with E-state index in [9.17, 15) is 43.2 Å². The fraction of sp³-hybridized carbons (Fsp3) is 0.952. The topological polar surface area (TPSA) is 237 Å². The third-order valence-electron chi connectivity index (χ3n) is 19.5. The van der Waals surface area contributed by atoms with Gasteiger partial charge in [-0.1, -0.05) is 388 Å². The maximum Gasteiger partial charge on any atom is 0.472 e. The van der Waals surface area contributed by atoms with E-state index in [-0.39, 0.29) is 25.7 Å². The van der Waals surface area contributed by atoms with E-state index in [1.807, 2.05) is 0 Å². The smallest absolute Gasteiger partial charge is 0.462 e. The zero-order chi connectivity index (χ0) is 74.9. The van der Waals surface area contributed by atoms with Crippen LogP contribution in [0.25, 0.3) is 0 Å². The van der Waals surface area contributed by atoms with Crippen LogP contribution in [0.3, 0.4) is 0 Å². The predicted octanol–water partition coefficient (Wildman–Crippen LogP) is 25.1. The molecular weight excluding hydrogens is 1330 g/mol. The lowest BCUT2D eigenvalue weighted by Crippen LogP contribution is -2.30. The first-order valence-electron chi connectivity index (χ1n) is 43.0. The molecular formula is C83H162O17P2. The Labute approximate surface area is 626 Å². The van der Waals surface area contributed by atoms with Gasteiger partial charge in [-0.15, -0.1) is 0 Å². The standard InChI is InChI=1S/C83H162O17P2/c1-7-9-11-13-15-17-19-21-23-24-25-26-31-34-38-42-46-53-59-65-80(85)93-71-78(99-82(87)67-62-56-48-44-40-36-32-28-27-30-33-37-41-45-51-57-63-75(3)4)73-97-101(89,90)95-69-77(84)70-96-102(91,92)98-74-79(72-94-81(86)66-60-54-50-49-52-58-64-76(5)6)100-83(88)68-61-55-47-43-39-35-29-22-20-18-16-14-12-10-8-2/h75-79,84H,7-74H2,1-6H3,(H,89,90)(H,91,92)/t77-,78-,79-/m1/s1. The number of aliphatic hydroxyl groups excluding tert-OH is 1. The van der Waals surface area contributed by atoms with Crippen LogP contribution in [0.5, 0.6) is 0 Å². The molecule has 0 aliphatic rings. The molecule has 0 aromatic carbocycles. The summed E-state index contributed by atoms with van der Waals surface area (Å²) in [4.78, 5) is 73.1. The van der Waals surface area contributed by atoms with Crippen LogP contribution in [0.4, 0.5) is 0 Å². The second kappa shape index (κ2) is 74.5. The Morgan fingerprint density at radius 3 is 0.667 bits per heavy atom. The summed E-state index contributed by atoms with van der Waals surface area (Å²) in [6.45, 7) is 9.60. The fourth-order valence-corrected chi connectivity index (χ4v) is 14.5. The van der Waals surface area contributed by atoms with Crippen molar-refractivity contribution in [3.05, 3.63) is 0 Å². The molecule has 17 nitrogen and oxygen atoms in total. The minimum absolute atomic E-state index is 0.107. The number of hydrogen-bond donors (Lipinski definition) is 3. The van der Waals surface area contributed by atoms with Gasteiger partial charge in [0.15, 0.2) is 12.2 Å². The highest BCUT2D eigenvalue weighted by Gasteiger charge is 2.30. The molecule has 0 saturated heterocycles. The number of hydrogen-bond acceptors (Lipinski definition) is 15. The van der Waals surface area contributed by atoms with Crippen LogP contribution in [0.15, 0.2) is 0 Å². The molecule has 0 radical (unpaired) electrons. The fourth-order valence-electron chi connectivity index (χ4n) is 12.9. The summed E-state index contributed by atoms with van der Waals surface area (Å²) in [6, 6.07) is 0. The van der Waals surface area contributed by atoms with E-state index in [2.05, 4.69) is 41.5 Å². The summed E-state index contributed by atoms with van der Waals surface area (Å²) >= 11 is 0. The summed E-state index contributed by atoms with van der Waals surface area (Å²) in [5, 5.41) is 10.6. The lowest BCUT2D eigenvalue weighted by Gasteiger charge is -2.21. The van der Waals surface area contributed by atoms with Gasteiger partial charge in [-0.25, -0.2) is 9.13 Å². The SMILES string of the molecule is CCCCCCCCCCCCCCCCCCCCCC(=O)OC[C@H](COP(=O)(O)OC[C@@H](O)COP(=O)(O)OC[C@@H](COC(=O)CCCCCCCCC(C)C)OC(=O)CCCCCCCCCCCCCCCCC)OC(=O)CCCCCCCCCCCCCCCCCCC(C)C. The molecule has 0 saturated carbocycles. The number of phosphoric acid groups is 2. The Morgan fingerprint density at radius 1 is 0.265 bits per heavy atom. The Bertz CT molecular complexity index is 1960. The Balaban J connectivity index is 5.22. The number of ether oxygens (including phenoxy) is 4. The molecule has 0 amide bonds. The summed E-state index contributed by atoms with van der Waals surface area (Å²) in [6.07, 6.45) is 65.4. The molecule has 0 aliphatic heterocycles. The molecule has 0 fully saturated rings. The number of carbonyl (C=O) groups excluding carboxylic acids is 4. The molecule has 102 heavy (non-hydrogen) atoms. The Kier molecular flexibility index (Phi) is 73.1. The number of aliphatic hydroxyl groups is 1. The first-order valence-corrected chi connectivity index (χ1v) is 46.0. The summed E-state index contributed by atoms with van der Waals surface area (Å²) in [5.41, 5.74) is 0. The highest BCUT2D eigenvalue weighted by Crippen LogP contribution is 2.45. The quantitative estimate of drug-likeness (QED) is 0.0222. The van der Waals surface area contributed by atoms with Crippen LogP contribution >= 0.6 is 15.6 Å². The molecule has 0 rings (SSSR count). The maximum atomic E-state index is 13.1. The van der Waals surface area contributed by atoms with Crippen LogP contribution in [-0.2, 0) is 65.4 Å². The lowest BCUT2D eigenvalue weighted by molar-refractivity contribution is -0.161. The van der Waals surface area contributed by atoms with E-state index in [1.165, 1.54) is 250 Å². The van der Waals surface area contributed by atoms with Crippen molar-refractivity contribution in [3.63, 3.8) is 0 Å². The maximum absolute atomic E-state index is 13.1. The number of esters is 4. The van der Waals surface area contributed by atoms with E-state index in [4.69, 9.17) is 37.0 Å². The molecule has 2 unspecified atom stereocenters. The van der Waals surface area contributed by atoms with Gasteiger partial charge in [0.05, 0.1) is 26.4 Å². The van der Waals surface area contributed by atoms with Crippen LogP contribution in [0.2, 0.25) is 0 Å². The van der Waals surface area contributed by atoms with Gasteiger partial charge in [-0.2, -0.15) is 0 Å². The predicted molar refractivity (Wildman–Crippen MR) is 418 cm³/mol. The summed E-state index contributed by atoms with van der Waals surface area (Å²) in [7, 11) is -9.92. The van der Waals surface area contributed by atoms with Crippen molar-refractivity contribution in [2.45, 2.75) is 458 Å². The molecule has 606 valence electrons. The zero-order valence-electron chi connectivity index (χ0n) is 66.9. The molecule has 0 heterocycles. The van der Waals surface area contributed by atoms with Gasteiger partial charge in [0.2, 0.25) is 0 Å². The van der Waals surface area contributed by atoms with E-state index in [1.54, 1.807) is 0 Å². The number of phosphoric ester groups is 2. The number of carbonyl (C=O) groups is 4. The van der Waals surface area contributed by atoms with Gasteiger partial charge < -0.3 is 33.8 Å². The molecule has 0 aliphatic carbocycles. The lowest BCUT2D eigenvalue weighted by atomic mass is 10.0. The highest BCUT2D eigenvalue weighted by molar-refractivity contribution is 7.47. The minimum Gasteiger partial charge on any atom is -0.462 e. The van der Waals surface area contributed by atoms with E-state index in [0.717, 1.165) is 102 Å². The van der Waals surface area contributed by atoms with Crippen LogP contribution in [0.1, 0.15) is 440 Å². The van der Waals surface area contributed by atoms with E-state index in [0.29, 0.717) is 31.6 Å². The van der Waals surface area contributed by atoms with Crippen LogP contribution in [0, 0.1) is 11.8 Å². The summed E-state index contributed by atoms with van der Waals surface area (Å²) in [5.74, 6) is -0.619. The number of rotatable bonds is 82. The van der Waals surface area contributed by atoms with Gasteiger partial charge >= 0.3 is 39.5 Å². The Hall–Kier alpha value is -1.94. The normalized spacial score (nSPS) is 13.9. The highest BCUT2D eigenvalue weighted by atomic mass is 31.2. The van der Waals surface area contributed by atoms with Crippen molar-refractivity contribution >= 4 is 39.5 Å². The van der Waals surface area contributed by atoms with Crippen molar-refractivity contribution in [2.75, 3.05) is 39.6 Å². The second-order valence-electron chi connectivity index (χ2n) is 30.8. The zero-order valence-corrected chi connectivity index (χ0v) is 68.7. The molecule has 19 heteroatoms. The monoisotopic (exact) mass is 1490 g/mol. The van der Waals surface area contributed by atoms with Crippen molar-refractivity contribution in [2.24, 2.45) is 11.8 Å². The average molecular weight is 1490 g/mol. The third-order valence-corrected chi connectivity index (χ3v) is 21.4. The van der Waals surface area contributed by atoms with Gasteiger partial charge in [0.1, 0.15) is 19.3 Å². The van der Waals surface area contributed by atoms with Crippen molar-refractivity contribution in [1.82, 2.24) is 0 Å². The minimum atomic E-state index is -4.96. The van der Waals surface area contributed by atoms with Gasteiger partial charge in [0, 0.05) is 25.7 Å². The van der Waals surface area contributed by atoms with Crippen molar-refractivity contribution in [3.8, 4) is 0 Å². The first-order chi connectivity index (χ1) is 49.4. The molecule has 0 aromatic rings. The summed E-state index contributed by atoms with van der Waals surface area (Å²) < 4.78 is 68.8. The van der Waals surface area contributed by atoms with Crippen molar-refractivity contribution in [1.29, 1.82) is 0 Å². The molecule has 3 N–H and O–H groups in total. The second-order valence-corrected chi connectivity index (χ2v) is 33.7. The molecule has 0 bridgehead atoms.